The van der Waals surface area contributed by atoms with Crippen LogP contribution in [-0.2, 0) is 4.57 Å². The molecule has 0 radical (unpaired) electrons. The van der Waals surface area contributed by atoms with Crippen LogP contribution < -0.4 is 0 Å². The predicted molar refractivity (Wildman–Crippen MR) is 123 cm³/mol. The molecule has 0 aliphatic heterocycles. The summed E-state index contributed by atoms with van der Waals surface area (Å²) in [6.07, 6.45) is 24.4. The lowest BCUT2D eigenvalue weighted by Crippen LogP contribution is -2.25. The van der Waals surface area contributed by atoms with E-state index in [1.54, 1.807) is 0 Å². The van der Waals surface area contributed by atoms with E-state index in [1.165, 1.54) is 89.9 Å². The first-order chi connectivity index (χ1) is 13.1. The zero-order valence-corrected chi connectivity index (χ0v) is 20.0. The fourth-order valence-corrected chi connectivity index (χ4v) is 5.42. The Labute approximate surface area is 172 Å². The first-order valence-electron chi connectivity index (χ1n) is 12.4. The maximum Gasteiger partial charge on any atom is 0.195 e. The van der Waals surface area contributed by atoms with Crippen molar-refractivity contribution in [2.24, 2.45) is 0 Å². The van der Waals surface area contributed by atoms with Crippen LogP contribution in [0.15, 0.2) is 0 Å². The van der Waals surface area contributed by atoms with Gasteiger partial charge in [-0.05, 0) is 19.3 Å². The second-order valence-corrected chi connectivity index (χ2v) is 10.5. The number of hydrogen-bond acceptors (Lipinski definition) is 1. The van der Waals surface area contributed by atoms with E-state index in [0.29, 0.717) is 0 Å². The van der Waals surface area contributed by atoms with Crippen molar-refractivity contribution < 1.29 is 9.46 Å². The van der Waals surface area contributed by atoms with Gasteiger partial charge in [0.25, 0.3) is 0 Å². The zero-order chi connectivity index (χ0) is 20.2. The molecule has 0 aromatic carbocycles. The monoisotopic (exact) mass is 402 g/mol. The summed E-state index contributed by atoms with van der Waals surface area (Å²) in [4.78, 5) is 10.3. The van der Waals surface area contributed by atoms with E-state index < -0.39 is 8.03 Å². The molecule has 0 amide bonds. The summed E-state index contributed by atoms with van der Waals surface area (Å²) in [6, 6.07) is 0. The fourth-order valence-electron chi connectivity index (χ4n) is 4.25. The maximum absolute atomic E-state index is 12.5. The second kappa shape index (κ2) is 19.5. The van der Waals surface area contributed by atoms with Crippen LogP contribution in [-0.4, -0.2) is 10.0 Å². The highest BCUT2D eigenvalue weighted by molar-refractivity contribution is 7.40. The van der Waals surface area contributed by atoms with E-state index in [1.807, 2.05) is 0 Å². The first-order valence-corrected chi connectivity index (χ1v) is 13.7. The molecule has 0 aliphatic rings. The molecule has 3 heteroatoms. The third-order valence-electron chi connectivity index (χ3n) is 6.23. The van der Waals surface area contributed by atoms with Gasteiger partial charge in [0.15, 0.2) is 8.03 Å². The Morgan fingerprint density at radius 1 is 0.519 bits per heavy atom. The average Bonchev–Trinajstić information content (AvgIpc) is 2.66. The third kappa shape index (κ3) is 14.8. The van der Waals surface area contributed by atoms with Gasteiger partial charge >= 0.3 is 0 Å². The summed E-state index contributed by atoms with van der Waals surface area (Å²) in [5.41, 5.74) is 0. The van der Waals surface area contributed by atoms with Gasteiger partial charge in [-0.2, -0.15) is 0 Å². The molecule has 0 saturated carbocycles. The van der Waals surface area contributed by atoms with Crippen LogP contribution in [0.3, 0.4) is 0 Å². The highest BCUT2D eigenvalue weighted by Gasteiger charge is 2.34. The van der Waals surface area contributed by atoms with Gasteiger partial charge < -0.3 is 4.89 Å². The molecule has 0 rings (SSSR count). The van der Waals surface area contributed by atoms with Gasteiger partial charge in [0.1, 0.15) is 0 Å². The minimum atomic E-state index is -2.47. The molecule has 0 bridgehead atoms. The van der Waals surface area contributed by atoms with Crippen LogP contribution in [0, 0.1) is 0 Å². The summed E-state index contributed by atoms with van der Waals surface area (Å²) < 4.78 is 12.5. The van der Waals surface area contributed by atoms with E-state index in [0.717, 1.165) is 38.5 Å². The van der Waals surface area contributed by atoms with E-state index in [-0.39, 0.29) is 5.16 Å². The Balaban J connectivity index is 4.47. The van der Waals surface area contributed by atoms with Crippen LogP contribution >= 0.6 is 8.03 Å². The molecule has 1 atom stereocenters. The van der Waals surface area contributed by atoms with Crippen LogP contribution in [0.1, 0.15) is 149 Å². The van der Waals surface area contributed by atoms with Crippen LogP contribution in [0.5, 0.6) is 0 Å². The number of rotatable bonds is 21. The van der Waals surface area contributed by atoms with Gasteiger partial charge in [-0.3, -0.25) is 4.57 Å². The van der Waals surface area contributed by atoms with Gasteiger partial charge in [0, 0.05) is 5.16 Å². The van der Waals surface area contributed by atoms with Crippen molar-refractivity contribution in [3.63, 3.8) is 0 Å². The lowest BCUT2D eigenvalue weighted by molar-refractivity contribution is 0.354. The quantitative estimate of drug-likeness (QED) is 0.153. The SMILES string of the molecule is CCCCCCCCC(CCCCCCC)(CCCCCCCC)[PH](=O)O. The highest BCUT2D eigenvalue weighted by atomic mass is 31.1. The lowest BCUT2D eigenvalue weighted by atomic mass is 9.88. The topological polar surface area (TPSA) is 37.3 Å². The molecule has 0 fully saturated rings. The molecule has 0 aromatic rings. The second-order valence-electron chi connectivity index (χ2n) is 8.79. The van der Waals surface area contributed by atoms with E-state index >= 15 is 0 Å². The predicted octanol–water partition coefficient (Wildman–Crippen LogP) is 9.05. The first kappa shape index (κ1) is 27.2. The molecule has 1 N–H and O–H groups in total. The van der Waals surface area contributed by atoms with Crippen LogP contribution in [0.4, 0.5) is 0 Å². The van der Waals surface area contributed by atoms with Gasteiger partial charge in [-0.1, -0.05) is 130 Å². The van der Waals surface area contributed by atoms with Crippen molar-refractivity contribution in [1.82, 2.24) is 0 Å². The fraction of sp³-hybridized carbons (Fsp3) is 1.00. The molecule has 1 unspecified atom stereocenters. The van der Waals surface area contributed by atoms with Crippen molar-refractivity contribution in [2.75, 3.05) is 0 Å². The maximum atomic E-state index is 12.5. The highest BCUT2D eigenvalue weighted by Crippen LogP contribution is 2.47. The van der Waals surface area contributed by atoms with Gasteiger partial charge in [0.2, 0.25) is 0 Å². The van der Waals surface area contributed by atoms with Gasteiger partial charge in [0.05, 0.1) is 0 Å². The number of unbranched alkanes of at least 4 members (excludes halogenated alkanes) is 14. The Morgan fingerprint density at radius 3 is 1.04 bits per heavy atom. The summed E-state index contributed by atoms with van der Waals surface area (Å²) >= 11 is 0. The average molecular weight is 403 g/mol. The summed E-state index contributed by atoms with van der Waals surface area (Å²) in [6.45, 7) is 6.75. The molecular weight excluding hydrogens is 351 g/mol. The zero-order valence-electron chi connectivity index (χ0n) is 19.0. The van der Waals surface area contributed by atoms with E-state index in [2.05, 4.69) is 20.8 Å². The van der Waals surface area contributed by atoms with E-state index in [9.17, 15) is 9.46 Å². The summed E-state index contributed by atoms with van der Waals surface area (Å²) in [5, 5.41) is -0.258. The standard InChI is InChI=1S/C24H51O2P/c1-4-7-10-13-16-19-22-24(27(25)26,21-18-15-12-9-6-3)23-20-17-14-11-8-5-2/h27H,4-23H2,1-3H3,(H,25,26). The number of hydrogen-bond donors (Lipinski definition) is 1. The summed E-state index contributed by atoms with van der Waals surface area (Å²) in [5.74, 6) is 0. The molecule has 27 heavy (non-hydrogen) atoms. The minimum absolute atomic E-state index is 0.258. The molecule has 2 nitrogen and oxygen atoms in total. The molecule has 0 spiro atoms. The lowest BCUT2D eigenvalue weighted by Gasteiger charge is -2.31. The van der Waals surface area contributed by atoms with Crippen molar-refractivity contribution in [1.29, 1.82) is 0 Å². The Bertz CT molecular complexity index is 314. The smallest absolute Gasteiger partial charge is 0.195 e. The third-order valence-corrected chi connectivity index (χ3v) is 7.89. The molecule has 0 saturated heterocycles. The summed E-state index contributed by atoms with van der Waals surface area (Å²) in [7, 11) is -2.47. The van der Waals surface area contributed by atoms with Crippen molar-refractivity contribution in [2.45, 2.75) is 154 Å². The van der Waals surface area contributed by atoms with Gasteiger partial charge in [-0.15, -0.1) is 0 Å². The van der Waals surface area contributed by atoms with Crippen LogP contribution in [0.25, 0.3) is 0 Å². The van der Waals surface area contributed by atoms with E-state index in [4.69, 9.17) is 0 Å². The Hall–Kier alpha value is 0.190. The Morgan fingerprint density at radius 2 is 0.778 bits per heavy atom. The largest absolute Gasteiger partial charge is 0.346 e. The van der Waals surface area contributed by atoms with Crippen molar-refractivity contribution in [3.05, 3.63) is 0 Å². The normalized spacial score (nSPS) is 13.2. The Kier molecular flexibility index (Phi) is 19.6. The van der Waals surface area contributed by atoms with Crippen molar-refractivity contribution in [3.8, 4) is 0 Å². The molecular formula is C24H51O2P. The van der Waals surface area contributed by atoms with Crippen molar-refractivity contribution >= 4 is 8.03 Å². The molecule has 0 heterocycles. The molecule has 0 aliphatic carbocycles. The molecule has 164 valence electrons. The minimum Gasteiger partial charge on any atom is -0.346 e. The van der Waals surface area contributed by atoms with Crippen LogP contribution in [0.2, 0.25) is 0 Å². The molecule has 0 aromatic heterocycles. The van der Waals surface area contributed by atoms with Gasteiger partial charge in [-0.25, -0.2) is 0 Å².